The molecule has 0 radical (unpaired) electrons. The van der Waals surface area contributed by atoms with Crippen molar-refractivity contribution in [3.8, 4) is 30.4 Å². The highest BCUT2D eigenvalue weighted by molar-refractivity contribution is 5.96. The number of carboxylic acid groups (broad SMARTS) is 1. The van der Waals surface area contributed by atoms with E-state index in [0.29, 0.717) is 24.0 Å². The number of pyridine rings is 1. The van der Waals surface area contributed by atoms with E-state index in [2.05, 4.69) is 17.2 Å². The molecule has 2 heterocycles. The topological polar surface area (TPSA) is 135 Å². The van der Waals surface area contributed by atoms with E-state index < -0.39 is 35.3 Å². The van der Waals surface area contributed by atoms with Gasteiger partial charge in [0.05, 0.1) is 49.6 Å². The Labute approximate surface area is 272 Å². The van der Waals surface area contributed by atoms with Gasteiger partial charge in [-0.15, -0.1) is 24.7 Å². The van der Waals surface area contributed by atoms with Crippen molar-refractivity contribution in [1.82, 2.24) is 4.57 Å². The van der Waals surface area contributed by atoms with Crippen LogP contribution in [0.25, 0.3) is 10.9 Å². The number of carboxylic acids is 1. The van der Waals surface area contributed by atoms with Gasteiger partial charge in [0.15, 0.2) is 0 Å². The zero-order valence-electron chi connectivity index (χ0n) is 25.6. The lowest BCUT2D eigenvalue weighted by molar-refractivity contribution is -0.655. The first-order valence-corrected chi connectivity index (χ1v) is 14.9. The Bertz CT molecular complexity index is 1800. The van der Waals surface area contributed by atoms with Gasteiger partial charge < -0.3 is 34.2 Å². The van der Waals surface area contributed by atoms with Gasteiger partial charge in [-0.2, -0.15) is 13.2 Å². The van der Waals surface area contributed by atoms with Gasteiger partial charge >= 0.3 is 18.1 Å². The summed E-state index contributed by atoms with van der Waals surface area (Å²) in [5.41, 5.74) is 0.559. The van der Waals surface area contributed by atoms with Crippen molar-refractivity contribution in [2.45, 2.75) is 37.9 Å². The van der Waals surface area contributed by atoms with Crippen molar-refractivity contribution >= 4 is 34.5 Å². The lowest BCUT2D eigenvalue weighted by atomic mass is 10.0. The Morgan fingerprint density at radius 2 is 1.62 bits per heavy atom. The van der Waals surface area contributed by atoms with Gasteiger partial charge in [0.25, 0.3) is 0 Å². The van der Waals surface area contributed by atoms with E-state index in [-0.39, 0.29) is 40.8 Å². The number of hydrogen-bond acceptors (Lipinski definition) is 8. The third-order valence-corrected chi connectivity index (χ3v) is 7.60. The SMILES string of the molecule is C#CCC(CC#C)COC(=O)c1ccc(OC(=O)c2cn(C3CC3)c3cc(N4CC[NH2+]CC4)c(F)cc3c2=O)cc1.O=C([O-])C(F)(F)F. The fraction of sp³-hybridized carbons (Fsp3) is 0.353. The quantitative estimate of drug-likeness (QED) is 0.159. The van der Waals surface area contributed by atoms with E-state index in [4.69, 9.17) is 32.2 Å². The molecule has 2 aliphatic rings. The molecule has 0 amide bonds. The number of carbonyl (C=O) groups is 3. The summed E-state index contributed by atoms with van der Waals surface area (Å²) in [6.07, 6.45) is 9.60. The van der Waals surface area contributed by atoms with Gasteiger partial charge in [0.2, 0.25) is 5.43 Å². The summed E-state index contributed by atoms with van der Waals surface area (Å²) >= 11 is 0. The van der Waals surface area contributed by atoms with Gasteiger partial charge in [-0.1, -0.05) is 0 Å². The van der Waals surface area contributed by atoms with Gasteiger partial charge in [0.1, 0.15) is 23.1 Å². The molecule has 1 aliphatic carbocycles. The number of nitrogens with zero attached hydrogens (tertiary/aromatic N) is 2. The predicted octanol–water partition coefficient (Wildman–Crippen LogP) is 2.20. The van der Waals surface area contributed by atoms with E-state index >= 15 is 4.39 Å². The lowest BCUT2D eigenvalue weighted by Crippen LogP contribution is -2.89. The summed E-state index contributed by atoms with van der Waals surface area (Å²) < 4.78 is 59.5. The Morgan fingerprint density at radius 1 is 1.02 bits per heavy atom. The third-order valence-electron chi connectivity index (χ3n) is 7.60. The first kappa shape index (κ1) is 35.5. The molecule has 3 aromatic rings. The zero-order chi connectivity index (χ0) is 35.0. The van der Waals surface area contributed by atoms with Crippen molar-refractivity contribution in [3.63, 3.8) is 0 Å². The third kappa shape index (κ3) is 8.92. The van der Waals surface area contributed by atoms with Crippen LogP contribution in [0.3, 0.4) is 0 Å². The molecule has 0 atom stereocenters. The van der Waals surface area contributed by atoms with Gasteiger partial charge in [0, 0.05) is 36.4 Å². The number of aromatic nitrogens is 1. The number of hydrogen-bond donors (Lipinski definition) is 1. The number of halogens is 4. The normalized spacial score (nSPS) is 14.4. The molecule has 0 unspecified atom stereocenters. The molecule has 10 nitrogen and oxygen atoms in total. The summed E-state index contributed by atoms with van der Waals surface area (Å²) in [5.74, 6) is 0.142. The fourth-order valence-corrected chi connectivity index (χ4v) is 5.01. The number of piperazine rings is 1. The minimum absolute atomic E-state index is 0.0952. The van der Waals surface area contributed by atoms with Crippen LogP contribution < -0.4 is 25.5 Å². The highest BCUT2D eigenvalue weighted by Gasteiger charge is 2.30. The van der Waals surface area contributed by atoms with Crippen molar-refractivity contribution in [1.29, 1.82) is 0 Å². The number of ether oxygens (including phenoxy) is 2. The van der Waals surface area contributed by atoms with Crippen LogP contribution in [0, 0.1) is 36.4 Å². The molecule has 0 bridgehead atoms. The monoisotopic (exact) mass is 669 g/mol. The predicted molar refractivity (Wildman–Crippen MR) is 163 cm³/mol. The zero-order valence-corrected chi connectivity index (χ0v) is 25.6. The van der Waals surface area contributed by atoms with Crippen LogP contribution in [0.4, 0.5) is 23.2 Å². The maximum atomic E-state index is 15.2. The van der Waals surface area contributed by atoms with Crippen LogP contribution in [-0.2, 0) is 9.53 Å². The van der Waals surface area contributed by atoms with Crippen LogP contribution >= 0.6 is 0 Å². The van der Waals surface area contributed by atoms with Gasteiger partial charge in [-0.3, -0.25) is 4.79 Å². The largest absolute Gasteiger partial charge is 0.542 e. The van der Waals surface area contributed by atoms with E-state index in [0.717, 1.165) is 39.0 Å². The van der Waals surface area contributed by atoms with E-state index in [9.17, 15) is 27.6 Å². The highest BCUT2D eigenvalue weighted by Crippen LogP contribution is 2.38. The Balaban J connectivity index is 0.000000671. The fourth-order valence-electron chi connectivity index (χ4n) is 5.01. The first-order valence-electron chi connectivity index (χ1n) is 14.9. The number of fused-ring (bicyclic) bond motifs is 1. The number of rotatable bonds is 9. The van der Waals surface area contributed by atoms with Crippen LogP contribution in [-0.4, -0.2) is 61.4 Å². The number of alkyl halides is 3. The number of terminal acetylenes is 2. The van der Waals surface area contributed by atoms with Crippen molar-refractivity contribution < 1.29 is 51.8 Å². The standard InChI is InChI=1S/C32H30FN3O5.C2HF3O2/c1-3-5-21(6-4-2)20-40-31(38)22-7-11-24(12-8-22)41-32(39)26-19-36(23-9-10-23)28-18-29(35-15-13-34-14-16-35)27(33)17-25(28)30(26)37;3-2(4,5)1(6)7/h1-2,7-8,11-12,17-19,21,23,34H,5-6,9-10,13-16,20H2;(H,6,7). The number of esters is 2. The van der Waals surface area contributed by atoms with Crippen LogP contribution in [0.15, 0.2) is 47.4 Å². The molecular formula is C34H31F4N3O7. The van der Waals surface area contributed by atoms with E-state index in [1.807, 2.05) is 9.47 Å². The molecule has 2 fully saturated rings. The van der Waals surface area contributed by atoms with Gasteiger partial charge in [-0.25, -0.2) is 14.0 Å². The van der Waals surface area contributed by atoms with Crippen LogP contribution in [0.2, 0.25) is 0 Å². The first-order chi connectivity index (χ1) is 22.8. The minimum Gasteiger partial charge on any atom is -0.542 e. The number of carbonyl (C=O) groups excluding carboxylic acids is 3. The molecule has 1 saturated carbocycles. The van der Waals surface area contributed by atoms with E-state index in [1.54, 1.807) is 6.07 Å². The Morgan fingerprint density at radius 3 is 2.17 bits per heavy atom. The summed E-state index contributed by atoms with van der Waals surface area (Å²) in [7, 11) is 0. The van der Waals surface area contributed by atoms with Crippen molar-refractivity contribution in [3.05, 3.63) is 69.8 Å². The molecule has 5 rings (SSSR count). The van der Waals surface area contributed by atoms with Gasteiger partial charge in [-0.05, 0) is 49.2 Å². The molecule has 2 aromatic carbocycles. The summed E-state index contributed by atoms with van der Waals surface area (Å²) in [5, 5.41) is 11.1. The maximum Gasteiger partial charge on any atom is 0.430 e. The van der Waals surface area contributed by atoms with Crippen LogP contribution in [0.1, 0.15) is 52.4 Å². The molecule has 1 saturated heterocycles. The summed E-state index contributed by atoms with van der Waals surface area (Å²) in [6, 6.07) is 8.89. The number of benzene rings is 2. The Hall–Kier alpha value is -5.34. The molecule has 252 valence electrons. The highest BCUT2D eigenvalue weighted by atomic mass is 19.4. The smallest absolute Gasteiger partial charge is 0.430 e. The van der Waals surface area contributed by atoms with Crippen LogP contribution in [0.5, 0.6) is 5.75 Å². The maximum absolute atomic E-state index is 15.2. The number of nitrogens with two attached hydrogens (primary N) is 1. The average molecular weight is 670 g/mol. The number of aliphatic carboxylic acids is 1. The van der Waals surface area contributed by atoms with Crippen molar-refractivity contribution in [2.75, 3.05) is 37.7 Å². The van der Waals surface area contributed by atoms with E-state index in [1.165, 1.54) is 36.5 Å². The molecular weight excluding hydrogens is 638 g/mol. The number of quaternary nitrogens is 1. The molecule has 48 heavy (non-hydrogen) atoms. The molecule has 1 aromatic heterocycles. The average Bonchev–Trinajstić information content (AvgIpc) is 3.90. The minimum atomic E-state index is -5.19. The molecule has 0 spiro atoms. The van der Waals surface area contributed by atoms with Crippen molar-refractivity contribution in [2.24, 2.45) is 5.92 Å². The summed E-state index contributed by atoms with van der Waals surface area (Å²) in [4.78, 5) is 49.7. The Kier molecular flexibility index (Phi) is 11.5. The summed E-state index contributed by atoms with van der Waals surface area (Å²) in [6.45, 7) is 3.28. The second-order valence-electron chi connectivity index (χ2n) is 11.2. The second kappa shape index (κ2) is 15.5. The molecule has 2 N–H and O–H groups in total. The second-order valence-corrected chi connectivity index (χ2v) is 11.2. The lowest BCUT2D eigenvalue weighted by Gasteiger charge is -2.28. The number of anilines is 1. The molecule has 14 heteroatoms. The molecule has 1 aliphatic heterocycles.